The van der Waals surface area contributed by atoms with Gasteiger partial charge in [-0.2, -0.15) is 13.2 Å². The largest absolute Gasteiger partial charge is 0.501 e. The Morgan fingerprint density at radius 1 is 1.15 bits per heavy atom. The fourth-order valence-corrected chi connectivity index (χ4v) is 2.56. The van der Waals surface area contributed by atoms with Crippen LogP contribution in [0.1, 0.15) is 13.8 Å². The summed E-state index contributed by atoms with van der Waals surface area (Å²) in [5.41, 5.74) is -4.91. The van der Waals surface area contributed by atoms with Crippen LogP contribution in [0.25, 0.3) is 0 Å². The van der Waals surface area contributed by atoms with Gasteiger partial charge in [-0.3, -0.25) is 0 Å². The first-order valence-electron chi connectivity index (χ1n) is 5.65. The maximum atomic E-state index is 12.4. The van der Waals surface area contributed by atoms with Crippen LogP contribution in [-0.4, -0.2) is 31.8 Å². The third kappa shape index (κ3) is 3.28. The molecule has 0 unspecified atom stereocenters. The molecule has 0 spiro atoms. The lowest BCUT2D eigenvalue weighted by atomic mass is 10.1. The predicted molar refractivity (Wildman–Crippen MR) is 76.0 cm³/mol. The van der Waals surface area contributed by atoms with E-state index in [0.717, 1.165) is 12.1 Å². The lowest BCUT2D eigenvalue weighted by Gasteiger charge is -2.36. The topological polar surface area (TPSA) is 37.4 Å². The number of nitrogens with zero attached hydrogens (tertiary/aromatic N) is 1. The van der Waals surface area contributed by atoms with E-state index in [1.54, 1.807) is 7.05 Å². The normalized spacial score (nSPS) is 13.3. The third-order valence-electron chi connectivity index (χ3n) is 3.07. The van der Waals surface area contributed by atoms with Gasteiger partial charge in [0.15, 0.2) is 0 Å². The van der Waals surface area contributed by atoms with Gasteiger partial charge in [0.1, 0.15) is 0 Å². The van der Waals surface area contributed by atoms with E-state index in [9.17, 15) is 21.6 Å². The Balaban J connectivity index is 3.14. The lowest BCUT2D eigenvalue weighted by molar-refractivity contribution is -0.0436. The van der Waals surface area contributed by atoms with Gasteiger partial charge < -0.3 is 4.90 Å². The van der Waals surface area contributed by atoms with E-state index in [4.69, 9.17) is 0 Å². The fraction of sp³-hybridized carbons (Fsp3) is 0.500. The molecule has 8 heteroatoms. The van der Waals surface area contributed by atoms with Crippen molar-refractivity contribution in [3.8, 4) is 0 Å². The SMILES string of the molecule is CN(c1ccc(S(=O)(=O)C(F)(F)F)cc1)C(C)(C)CBr. The molecule has 1 aromatic carbocycles. The zero-order valence-electron chi connectivity index (χ0n) is 11.2. The first-order valence-corrected chi connectivity index (χ1v) is 8.25. The molecule has 1 aromatic rings. The first-order chi connectivity index (χ1) is 8.93. The average Bonchev–Trinajstić information content (AvgIpc) is 2.36. The van der Waals surface area contributed by atoms with Crippen molar-refractivity contribution in [2.24, 2.45) is 0 Å². The van der Waals surface area contributed by atoms with Crippen LogP contribution in [-0.2, 0) is 9.84 Å². The van der Waals surface area contributed by atoms with Gasteiger partial charge in [-0.1, -0.05) is 15.9 Å². The summed E-state index contributed by atoms with van der Waals surface area (Å²) in [5.74, 6) is 0. The van der Waals surface area contributed by atoms with Crippen LogP contribution in [0.2, 0.25) is 0 Å². The maximum Gasteiger partial charge on any atom is 0.501 e. The molecule has 0 fully saturated rings. The van der Waals surface area contributed by atoms with Crippen LogP contribution in [0.15, 0.2) is 29.2 Å². The summed E-state index contributed by atoms with van der Waals surface area (Å²) in [7, 11) is -3.50. The summed E-state index contributed by atoms with van der Waals surface area (Å²) in [6.07, 6.45) is 0. The Bertz CT molecular complexity index is 567. The molecular weight excluding hydrogens is 359 g/mol. The van der Waals surface area contributed by atoms with Crippen molar-refractivity contribution in [3.63, 3.8) is 0 Å². The molecule has 0 amide bonds. The number of anilines is 1. The molecule has 0 N–H and O–H groups in total. The Hall–Kier alpha value is -0.760. The summed E-state index contributed by atoms with van der Waals surface area (Å²) in [6.45, 7) is 3.89. The number of benzene rings is 1. The molecule has 0 aliphatic heterocycles. The van der Waals surface area contributed by atoms with Gasteiger partial charge in [-0.25, -0.2) is 8.42 Å². The van der Waals surface area contributed by atoms with E-state index in [-0.39, 0.29) is 5.54 Å². The molecule has 0 radical (unpaired) electrons. The molecule has 0 bridgehead atoms. The van der Waals surface area contributed by atoms with Crippen LogP contribution in [0.4, 0.5) is 18.9 Å². The van der Waals surface area contributed by atoms with Gasteiger partial charge in [0.05, 0.1) is 4.90 Å². The molecule has 0 saturated carbocycles. The van der Waals surface area contributed by atoms with Crippen molar-refractivity contribution in [3.05, 3.63) is 24.3 Å². The van der Waals surface area contributed by atoms with Crippen molar-refractivity contribution in [1.29, 1.82) is 0 Å². The Kier molecular flexibility index (Phi) is 4.80. The molecule has 0 heterocycles. The Morgan fingerprint density at radius 3 is 1.95 bits per heavy atom. The molecule has 0 aliphatic rings. The van der Waals surface area contributed by atoms with Crippen LogP contribution in [0.5, 0.6) is 0 Å². The van der Waals surface area contributed by atoms with E-state index in [0.29, 0.717) is 11.0 Å². The predicted octanol–water partition coefficient (Wildman–Crippen LogP) is 3.59. The Morgan fingerprint density at radius 2 is 1.60 bits per heavy atom. The molecule has 20 heavy (non-hydrogen) atoms. The maximum absolute atomic E-state index is 12.4. The van der Waals surface area contributed by atoms with E-state index in [2.05, 4.69) is 15.9 Å². The van der Waals surface area contributed by atoms with Gasteiger partial charge in [-0.15, -0.1) is 0 Å². The van der Waals surface area contributed by atoms with Crippen LogP contribution < -0.4 is 4.90 Å². The van der Waals surface area contributed by atoms with Gasteiger partial charge >= 0.3 is 5.51 Å². The standard InChI is InChI=1S/C12H15BrF3NO2S/c1-11(2,8-13)17(3)9-4-6-10(7-5-9)20(18,19)12(14,15)16/h4-7H,8H2,1-3H3. The van der Waals surface area contributed by atoms with E-state index in [1.165, 1.54) is 12.1 Å². The number of hydrogen-bond acceptors (Lipinski definition) is 3. The van der Waals surface area contributed by atoms with Gasteiger partial charge in [0.25, 0.3) is 9.84 Å². The van der Waals surface area contributed by atoms with Crippen LogP contribution in [0, 0.1) is 0 Å². The van der Waals surface area contributed by atoms with Crippen molar-refractivity contribution < 1.29 is 21.6 Å². The van der Waals surface area contributed by atoms with Gasteiger partial charge in [-0.05, 0) is 38.1 Å². The average molecular weight is 374 g/mol. The smallest absolute Gasteiger partial charge is 0.369 e. The van der Waals surface area contributed by atoms with Crippen molar-refractivity contribution in [2.45, 2.75) is 29.8 Å². The summed E-state index contributed by atoms with van der Waals surface area (Å²) >= 11 is 3.35. The van der Waals surface area contributed by atoms with Crippen molar-refractivity contribution in [2.75, 3.05) is 17.3 Å². The number of hydrogen-bond donors (Lipinski definition) is 0. The van der Waals surface area contributed by atoms with Crippen LogP contribution in [0.3, 0.4) is 0 Å². The number of halogens is 4. The minimum Gasteiger partial charge on any atom is -0.369 e. The van der Waals surface area contributed by atoms with Gasteiger partial charge in [0, 0.05) is 23.6 Å². The third-order valence-corrected chi connectivity index (χ3v) is 5.95. The highest BCUT2D eigenvalue weighted by Gasteiger charge is 2.46. The summed E-state index contributed by atoms with van der Waals surface area (Å²) in [6, 6.07) is 4.67. The summed E-state index contributed by atoms with van der Waals surface area (Å²) in [5, 5.41) is 0.652. The molecule has 0 saturated heterocycles. The second-order valence-corrected chi connectivity index (χ2v) is 7.45. The highest BCUT2D eigenvalue weighted by Crippen LogP contribution is 2.32. The minimum absolute atomic E-state index is 0.260. The molecule has 0 aromatic heterocycles. The molecule has 3 nitrogen and oxygen atoms in total. The van der Waals surface area contributed by atoms with Crippen molar-refractivity contribution >= 4 is 31.5 Å². The van der Waals surface area contributed by atoms with Crippen LogP contribution >= 0.6 is 15.9 Å². The molecule has 114 valence electrons. The quantitative estimate of drug-likeness (QED) is 0.756. The number of rotatable bonds is 4. The molecular formula is C12H15BrF3NO2S. The fourth-order valence-electron chi connectivity index (χ4n) is 1.42. The molecule has 0 aliphatic carbocycles. The van der Waals surface area contributed by atoms with Crippen molar-refractivity contribution in [1.82, 2.24) is 0 Å². The summed E-state index contributed by atoms with van der Waals surface area (Å²) < 4.78 is 59.7. The number of sulfone groups is 1. The molecule has 1 rings (SSSR count). The van der Waals surface area contributed by atoms with E-state index < -0.39 is 20.2 Å². The molecule has 0 atom stereocenters. The first kappa shape index (κ1) is 17.3. The minimum atomic E-state index is -5.29. The monoisotopic (exact) mass is 373 g/mol. The van der Waals surface area contributed by atoms with Gasteiger partial charge in [0.2, 0.25) is 0 Å². The second-order valence-electron chi connectivity index (χ2n) is 4.95. The van der Waals surface area contributed by atoms with E-state index in [1.807, 2.05) is 18.7 Å². The summed E-state index contributed by atoms with van der Waals surface area (Å²) in [4.78, 5) is 1.10. The highest BCUT2D eigenvalue weighted by molar-refractivity contribution is 9.09. The highest BCUT2D eigenvalue weighted by atomic mass is 79.9. The Labute approximate surface area is 124 Å². The lowest BCUT2D eigenvalue weighted by Crippen LogP contribution is -2.42. The second kappa shape index (κ2) is 5.55. The van der Waals surface area contributed by atoms with E-state index >= 15 is 0 Å². The zero-order chi connectivity index (χ0) is 15.8. The zero-order valence-corrected chi connectivity index (χ0v) is 13.6. The number of alkyl halides is 4.